The number of hydrogen-bond acceptors (Lipinski definition) is 2. The van der Waals surface area contributed by atoms with Crippen molar-refractivity contribution in [2.45, 2.75) is 0 Å². The second kappa shape index (κ2) is 7.43. The maximum Gasteiger partial charge on any atom is 0.185 e. The first kappa shape index (κ1) is 13.0. The van der Waals surface area contributed by atoms with Gasteiger partial charge in [-0.1, -0.05) is 18.2 Å². The Labute approximate surface area is 101 Å². The van der Waals surface area contributed by atoms with Crippen LogP contribution in [-0.4, -0.2) is 19.0 Å². The van der Waals surface area contributed by atoms with Crippen molar-refractivity contribution < 1.29 is 0 Å². The van der Waals surface area contributed by atoms with Crippen molar-refractivity contribution in [3.63, 3.8) is 0 Å². The molecule has 0 bridgehead atoms. The number of halogens is 1. The highest BCUT2D eigenvalue weighted by atomic mass is 127. The molecule has 0 saturated heterocycles. The molecule has 1 aromatic carbocycles. The topological polar surface area (TPSA) is 76.4 Å². The van der Waals surface area contributed by atoms with Gasteiger partial charge in [0.1, 0.15) is 0 Å². The number of guanidine groups is 1. The Hall–Kier alpha value is -0.980. The van der Waals surface area contributed by atoms with Crippen LogP contribution < -0.4 is 16.8 Å². The van der Waals surface area contributed by atoms with Crippen LogP contribution >= 0.6 is 24.0 Å². The van der Waals surface area contributed by atoms with E-state index in [2.05, 4.69) is 10.3 Å². The Morgan fingerprint density at radius 3 is 2.43 bits per heavy atom. The van der Waals surface area contributed by atoms with Gasteiger partial charge in [0, 0.05) is 12.2 Å². The van der Waals surface area contributed by atoms with Gasteiger partial charge in [-0.25, -0.2) is 0 Å². The van der Waals surface area contributed by atoms with E-state index < -0.39 is 0 Å². The minimum Gasteiger partial charge on any atom is -0.383 e. The molecule has 5 heteroatoms. The lowest BCUT2D eigenvalue weighted by molar-refractivity contribution is 1.01. The van der Waals surface area contributed by atoms with Crippen molar-refractivity contribution in [3.8, 4) is 0 Å². The van der Waals surface area contributed by atoms with Crippen molar-refractivity contribution in [2.75, 3.05) is 18.4 Å². The van der Waals surface area contributed by atoms with Crippen molar-refractivity contribution in [2.24, 2.45) is 16.5 Å². The highest BCUT2D eigenvalue weighted by Gasteiger charge is 1.87. The lowest BCUT2D eigenvalue weighted by Gasteiger charge is -2.02. The second-order valence-electron chi connectivity index (χ2n) is 2.60. The summed E-state index contributed by atoms with van der Waals surface area (Å²) < 4.78 is 0. The number of benzene rings is 1. The van der Waals surface area contributed by atoms with Crippen molar-refractivity contribution in [1.82, 2.24) is 0 Å². The molecule has 0 heterocycles. The van der Waals surface area contributed by atoms with Gasteiger partial charge in [-0.05, 0) is 12.1 Å². The molecule has 0 radical (unpaired) electrons. The van der Waals surface area contributed by atoms with Gasteiger partial charge >= 0.3 is 0 Å². The molecule has 0 spiro atoms. The molecule has 0 amide bonds. The van der Waals surface area contributed by atoms with Gasteiger partial charge in [-0.2, -0.15) is 0 Å². The van der Waals surface area contributed by atoms with E-state index in [1.165, 1.54) is 0 Å². The summed E-state index contributed by atoms with van der Waals surface area (Å²) in [6, 6.07) is 9.91. The van der Waals surface area contributed by atoms with Gasteiger partial charge < -0.3 is 16.8 Å². The maximum absolute atomic E-state index is 5.17. The zero-order valence-electron chi connectivity index (χ0n) is 7.81. The van der Waals surface area contributed by atoms with Crippen molar-refractivity contribution >= 4 is 35.6 Å². The summed E-state index contributed by atoms with van der Waals surface area (Å²) in [7, 11) is 0. The third-order valence-corrected chi connectivity index (χ3v) is 1.51. The normalized spacial score (nSPS) is 8.57. The summed E-state index contributed by atoms with van der Waals surface area (Å²) in [5, 5.41) is 3.18. The van der Waals surface area contributed by atoms with Crippen LogP contribution in [0.25, 0.3) is 0 Å². The van der Waals surface area contributed by atoms with E-state index in [9.17, 15) is 0 Å². The number of rotatable bonds is 4. The zero-order chi connectivity index (χ0) is 9.52. The minimum atomic E-state index is 0. The highest BCUT2D eigenvalue weighted by Crippen LogP contribution is 2.03. The fourth-order valence-corrected chi connectivity index (χ4v) is 0.941. The fourth-order valence-electron chi connectivity index (χ4n) is 0.941. The van der Waals surface area contributed by atoms with E-state index in [0.717, 1.165) is 12.2 Å². The van der Waals surface area contributed by atoms with E-state index in [4.69, 9.17) is 11.5 Å². The Kier molecular flexibility index (Phi) is 6.91. The smallest absolute Gasteiger partial charge is 0.185 e. The van der Waals surface area contributed by atoms with Gasteiger partial charge in [0.2, 0.25) is 0 Å². The summed E-state index contributed by atoms with van der Waals surface area (Å²) >= 11 is 0. The monoisotopic (exact) mass is 306 g/mol. The number of nitrogens with one attached hydrogen (secondary N) is 1. The summed E-state index contributed by atoms with van der Waals surface area (Å²) in [5.41, 5.74) is 11.4. The molecule has 1 rings (SSSR count). The lowest BCUT2D eigenvalue weighted by atomic mass is 10.3. The SMILES string of the molecule is I.NC(N)=NCCNc1ccccc1. The van der Waals surface area contributed by atoms with Crippen molar-refractivity contribution in [3.05, 3.63) is 30.3 Å². The highest BCUT2D eigenvalue weighted by molar-refractivity contribution is 14.0. The molecule has 0 aliphatic heterocycles. The maximum atomic E-state index is 5.17. The Morgan fingerprint density at radius 1 is 1.21 bits per heavy atom. The van der Waals surface area contributed by atoms with Gasteiger partial charge in [0.05, 0.1) is 6.54 Å². The first-order valence-corrected chi connectivity index (χ1v) is 4.13. The number of aliphatic imine (C=N–C) groups is 1. The molecule has 0 aliphatic rings. The minimum absolute atomic E-state index is 0. The molecule has 0 saturated carbocycles. The average Bonchev–Trinajstić information content (AvgIpc) is 2.14. The average molecular weight is 306 g/mol. The van der Waals surface area contributed by atoms with Gasteiger partial charge in [-0.3, -0.25) is 4.99 Å². The largest absolute Gasteiger partial charge is 0.383 e. The Balaban J connectivity index is 0.00000169. The second-order valence-corrected chi connectivity index (χ2v) is 2.60. The number of para-hydroxylation sites is 1. The summed E-state index contributed by atoms with van der Waals surface area (Å²) in [6.07, 6.45) is 0. The van der Waals surface area contributed by atoms with Gasteiger partial charge in [0.15, 0.2) is 5.96 Å². The molecule has 78 valence electrons. The molecular formula is C9H15IN4. The lowest BCUT2D eigenvalue weighted by Crippen LogP contribution is -2.23. The molecule has 0 aromatic heterocycles. The van der Waals surface area contributed by atoms with Crippen LogP contribution in [0, 0.1) is 0 Å². The fraction of sp³-hybridized carbons (Fsp3) is 0.222. The Bertz CT molecular complexity index is 269. The molecule has 14 heavy (non-hydrogen) atoms. The van der Waals surface area contributed by atoms with E-state index in [1.807, 2.05) is 30.3 Å². The predicted octanol–water partition coefficient (Wildman–Crippen LogP) is 0.990. The molecule has 0 fully saturated rings. The number of nitrogens with two attached hydrogens (primary N) is 2. The van der Waals surface area contributed by atoms with E-state index in [1.54, 1.807) is 0 Å². The molecule has 0 unspecified atom stereocenters. The van der Waals surface area contributed by atoms with Crippen LogP contribution in [0.5, 0.6) is 0 Å². The number of anilines is 1. The van der Waals surface area contributed by atoms with Gasteiger partial charge in [-0.15, -0.1) is 24.0 Å². The first-order valence-electron chi connectivity index (χ1n) is 4.13. The van der Waals surface area contributed by atoms with Crippen LogP contribution in [0.3, 0.4) is 0 Å². The van der Waals surface area contributed by atoms with Crippen molar-refractivity contribution in [1.29, 1.82) is 0 Å². The first-order chi connectivity index (χ1) is 6.29. The third kappa shape index (κ3) is 5.63. The number of hydrogen-bond donors (Lipinski definition) is 3. The molecule has 0 atom stereocenters. The molecular weight excluding hydrogens is 291 g/mol. The molecule has 1 aromatic rings. The van der Waals surface area contributed by atoms with Gasteiger partial charge in [0.25, 0.3) is 0 Å². The van der Waals surface area contributed by atoms with Crippen LogP contribution in [0.15, 0.2) is 35.3 Å². The van der Waals surface area contributed by atoms with E-state index in [-0.39, 0.29) is 29.9 Å². The third-order valence-electron chi connectivity index (χ3n) is 1.51. The summed E-state index contributed by atoms with van der Waals surface area (Å²) in [5.74, 6) is 0.134. The van der Waals surface area contributed by atoms with E-state index >= 15 is 0 Å². The quantitative estimate of drug-likeness (QED) is 0.336. The zero-order valence-corrected chi connectivity index (χ0v) is 10.1. The van der Waals surface area contributed by atoms with Crippen LogP contribution in [-0.2, 0) is 0 Å². The Morgan fingerprint density at radius 2 is 1.86 bits per heavy atom. The van der Waals surface area contributed by atoms with E-state index in [0.29, 0.717) is 6.54 Å². The van der Waals surface area contributed by atoms with Crippen LogP contribution in [0.2, 0.25) is 0 Å². The van der Waals surface area contributed by atoms with Crippen LogP contribution in [0.1, 0.15) is 0 Å². The summed E-state index contributed by atoms with van der Waals surface area (Å²) in [6.45, 7) is 1.33. The molecule has 4 nitrogen and oxygen atoms in total. The molecule has 5 N–H and O–H groups in total. The molecule has 0 aliphatic carbocycles. The summed E-state index contributed by atoms with van der Waals surface area (Å²) in [4.78, 5) is 3.85. The van der Waals surface area contributed by atoms with Crippen LogP contribution in [0.4, 0.5) is 5.69 Å². The standard InChI is InChI=1S/C9H14N4.HI/c10-9(11)13-7-6-12-8-4-2-1-3-5-8;/h1-5,12H,6-7H2,(H4,10,11,13);1H. The number of nitrogens with zero attached hydrogens (tertiary/aromatic N) is 1. The predicted molar refractivity (Wildman–Crippen MR) is 71.0 cm³/mol.